The SMILES string of the molecule is C[C@H](c1ccccc1)N1CC[C@@H](NCCC(=O)N2CCN(c3ccccn3)CC2)C1. The van der Waals surface area contributed by atoms with Gasteiger partial charge in [0.1, 0.15) is 5.82 Å². The van der Waals surface area contributed by atoms with E-state index < -0.39 is 0 Å². The number of likely N-dealkylation sites (tertiary alicyclic amines) is 1. The smallest absolute Gasteiger partial charge is 0.223 e. The highest BCUT2D eigenvalue weighted by Crippen LogP contribution is 2.24. The normalized spacial score (nSPS) is 21.0. The first-order valence-corrected chi connectivity index (χ1v) is 11.2. The van der Waals surface area contributed by atoms with Gasteiger partial charge in [0.15, 0.2) is 0 Å². The van der Waals surface area contributed by atoms with Gasteiger partial charge in [0.2, 0.25) is 5.91 Å². The van der Waals surface area contributed by atoms with Crippen molar-refractivity contribution in [2.24, 2.45) is 0 Å². The van der Waals surface area contributed by atoms with Crippen LogP contribution in [-0.4, -0.2) is 72.5 Å². The molecule has 1 aromatic carbocycles. The largest absolute Gasteiger partial charge is 0.353 e. The molecule has 2 fully saturated rings. The molecule has 2 aliphatic heterocycles. The molecule has 0 unspecified atom stereocenters. The maximum atomic E-state index is 12.6. The monoisotopic (exact) mass is 407 g/mol. The Kier molecular flexibility index (Phi) is 6.97. The van der Waals surface area contributed by atoms with Gasteiger partial charge in [-0.1, -0.05) is 36.4 Å². The van der Waals surface area contributed by atoms with Gasteiger partial charge in [-0.05, 0) is 31.0 Å². The number of benzene rings is 1. The van der Waals surface area contributed by atoms with Crippen molar-refractivity contribution < 1.29 is 4.79 Å². The van der Waals surface area contributed by atoms with Crippen LogP contribution < -0.4 is 10.2 Å². The van der Waals surface area contributed by atoms with Crippen molar-refractivity contribution in [3.8, 4) is 0 Å². The minimum absolute atomic E-state index is 0.260. The number of hydrogen-bond donors (Lipinski definition) is 1. The first-order chi connectivity index (χ1) is 14.7. The van der Waals surface area contributed by atoms with Crippen LogP contribution in [0.3, 0.4) is 0 Å². The molecule has 3 heterocycles. The Morgan fingerprint density at radius 1 is 1.07 bits per heavy atom. The molecule has 2 atom stereocenters. The zero-order chi connectivity index (χ0) is 20.8. The maximum absolute atomic E-state index is 12.6. The van der Waals surface area contributed by atoms with Crippen LogP contribution >= 0.6 is 0 Å². The molecule has 0 radical (unpaired) electrons. The number of anilines is 1. The Bertz CT molecular complexity index is 792. The van der Waals surface area contributed by atoms with E-state index in [0.29, 0.717) is 18.5 Å². The predicted octanol–water partition coefficient (Wildman–Crippen LogP) is 2.55. The van der Waals surface area contributed by atoms with Crippen molar-refractivity contribution >= 4 is 11.7 Å². The lowest BCUT2D eigenvalue weighted by molar-refractivity contribution is -0.131. The summed E-state index contributed by atoms with van der Waals surface area (Å²) in [5.74, 6) is 1.26. The number of amides is 1. The zero-order valence-electron chi connectivity index (χ0n) is 17.9. The van der Waals surface area contributed by atoms with Gasteiger partial charge in [0, 0.05) is 70.5 Å². The molecular formula is C24H33N5O. The first-order valence-electron chi connectivity index (χ1n) is 11.2. The van der Waals surface area contributed by atoms with Crippen LogP contribution in [0.4, 0.5) is 5.82 Å². The van der Waals surface area contributed by atoms with E-state index in [-0.39, 0.29) is 5.91 Å². The number of nitrogens with one attached hydrogen (secondary N) is 1. The summed E-state index contributed by atoms with van der Waals surface area (Å²) in [5, 5.41) is 3.61. The van der Waals surface area contributed by atoms with Crippen LogP contribution in [0.15, 0.2) is 54.7 Å². The fourth-order valence-corrected chi connectivity index (χ4v) is 4.52. The van der Waals surface area contributed by atoms with Crippen molar-refractivity contribution in [2.75, 3.05) is 50.7 Å². The molecule has 6 heteroatoms. The molecule has 0 saturated carbocycles. The minimum Gasteiger partial charge on any atom is -0.353 e. The van der Waals surface area contributed by atoms with E-state index in [2.05, 4.69) is 57.4 Å². The van der Waals surface area contributed by atoms with Crippen molar-refractivity contribution in [1.82, 2.24) is 20.1 Å². The van der Waals surface area contributed by atoms with Gasteiger partial charge in [-0.15, -0.1) is 0 Å². The second-order valence-corrected chi connectivity index (χ2v) is 8.33. The van der Waals surface area contributed by atoms with E-state index in [1.54, 1.807) is 0 Å². The van der Waals surface area contributed by atoms with E-state index in [0.717, 1.165) is 58.1 Å². The molecule has 1 aromatic heterocycles. The molecule has 160 valence electrons. The van der Waals surface area contributed by atoms with Crippen molar-refractivity contribution in [3.63, 3.8) is 0 Å². The molecule has 0 spiro atoms. The maximum Gasteiger partial charge on any atom is 0.223 e. The molecule has 4 rings (SSSR count). The number of nitrogens with zero attached hydrogens (tertiary/aromatic N) is 4. The highest BCUT2D eigenvalue weighted by molar-refractivity contribution is 5.76. The standard InChI is InChI=1S/C24H33N5O/c1-20(21-7-3-2-4-8-21)29-14-11-22(19-29)25-13-10-24(30)28-17-15-27(16-18-28)23-9-5-6-12-26-23/h2-9,12,20,22,25H,10-11,13-19H2,1H3/t20-,22-/m1/s1. The van der Waals surface area contributed by atoms with Crippen LogP contribution in [0.1, 0.15) is 31.4 Å². The highest BCUT2D eigenvalue weighted by Gasteiger charge is 2.27. The Balaban J connectivity index is 1.15. The molecular weight excluding hydrogens is 374 g/mol. The summed E-state index contributed by atoms with van der Waals surface area (Å²) in [6, 6.07) is 17.6. The summed E-state index contributed by atoms with van der Waals surface area (Å²) >= 11 is 0. The molecule has 2 saturated heterocycles. The van der Waals surface area contributed by atoms with Gasteiger partial charge >= 0.3 is 0 Å². The number of hydrogen-bond acceptors (Lipinski definition) is 5. The number of carbonyl (C=O) groups is 1. The van der Waals surface area contributed by atoms with Crippen molar-refractivity contribution in [1.29, 1.82) is 0 Å². The topological polar surface area (TPSA) is 51.7 Å². The summed E-state index contributed by atoms with van der Waals surface area (Å²) in [5.41, 5.74) is 1.37. The van der Waals surface area contributed by atoms with Gasteiger partial charge in [0.05, 0.1) is 0 Å². The average Bonchev–Trinajstić information content (AvgIpc) is 3.29. The molecule has 0 aliphatic carbocycles. The predicted molar refractivity (Wildman–Crippen MR) is 120 cm³/mol. The van der Waals surface area contributed by atoms with Crippen molar-refractivity contribution in [2.45, 2.75) is 31.8 Å². The summed E-state index contributed by atoms with van der Waals surface area (Å²) in [6.45, 7) is 8.46. The fraction of sp³-hybridized carbons (Fsp3) is 0.500. The second kappa shape index (κ2) is 10.0. The number of aromatic nitrogens is 1. The van der Waals surface area contributed by atoms with Crippen molar-refractivity contribution in [3.05, 3.63) is 60.3 Å². The Labute approximate surface area is 179 Å². The van der Waals surface area contributed by atoms with E-state index in [4.69, 9.17) is 0 Å². The molecule has 1 N–H and O–H groups in total. The van der Waals surface area contributed by atoms with Crippen LogP contribution in [0.25, 0.3) is 0 Å². The second-order valence-electron chi connectivity index (χ2n) is 8.33. The third-order valence-corrected chi connectivity index (χ3v) is 6.43. The highest BCUT2D eigenvalue weighted by atomic mass is 16.2. The number of piperazine rings is 1. The van der Waals surface area contributed by atoms with Gasteiger partial charge in [-0.3, -0.25) is 9.69 Å². The van der Waals surface area contributed by atoms with E-state index >= 15 is 0 Å². The quantitative estimate of drug-likeness (QED) is 0.765. The van der Waals surface area contributed by atoms with E-state index in [1.807, 2.05) is 29.3 Å². The third-order valence-electron chi connectivity index (χ3n) is 6.43. The Morgan fingerprint density at radius 2 is 1.83 bits per heavy atom. The Hall–Kier alpha value is -2.44. The minimum atomic E-state index is 0.260. The van der Waals surface area contributed by atoms with Gasteiger partial charge in [0.25, 0.3) is 0 Å². The van der Waals surface area contributed by atoms with Crippen LogP contribution in [0, 0.1) is 0 Å². The summed E-state index contributed by atoms with van der Waals surface area (Å²) in [4.78, 5) is 23.8. The summed E-state index contributed by atoms with van der Waals surface area (Å²) in [6.07, 6.45) is 3.55. The van der Waals surface area contributed by atoms with Gasteiger partial charge in [-0.25, -0.2) is 4.98 Å². The summed E-state index contributed by atoms with van der Waals surface area (Å²) in [7, 11) is 0. The number of rotatable bonds is 7. The molecule has 6 nitrogen and oxygen atoms in total. The summed E-state index contributed by atoms with van der Waals surface area (Å²) < 4.78 is 0. The molecule has 0 bridgehead atoms. The van der Waals surface area contributed by atoms with Crippen LogP contribution in [0.5, 0.6) is 0 Å². The molecule has 30 heavy (non-hydrogen) atoms. The number of pyridine rings is 1. The molecule has 2 aliphatic rings. The van der Waals surface area contributed by atoms with E-state index in [9.17, 15) is 4.79 Å². The number of carbonyl (C=O) groups excluding carboxylic acids is 1. The lowest BCUT2D eigenvalue weighted by atomic mass is 10.1. The lowest BCUT2D eigenvalue weighted by Crippen LogP contribution is -2.49. The first kappa shape index (κ1) is 20.8. The van der Waals surface area contributed by atoms with Gasteiger partial charge in [-0.2, -0.15) is 0 Å². The van der Waals surface area contributed by atoms with Crippen LogP contribution in [-0.2, 0) is 4.79 Å². The molecule has 1 amide bonds. The Morgan fingerprint density at radius 3 is 2.57 bits per heavy atom. The van der Waals surface area contributed by atoms with E-state index in [1.165, 1.54) is 5.56 Å². The molecule has 2 aromatic rings. The lowest BCUT2D eigenvalue weighted by Gasteiger charge is -2.35. The average molecular weight is 408 g/mol. The fourth-order valence-electron chi connectivity index (χ4n) is 4.52. The van der Waals surface area contributed by atoms with Crippen LogP contribution in [0.2, 0.25) is 0 Å². The van der Waals surface area contributed by atoms with Gasteiger partial charge < -0.3 is 15.1 Å². The zero-order valence-corrected chi connectivity index (χ0v) is 17.9. The third kappa shape index (κ3) is 5.18.